The molecular weight excluding hydrogens is 232 g/mol. The van der Waals surface area contributed by atoms with Crippen LogP contribution in [0.15, 0.2) is 27.4 Å². The van der Waals surface area contributed by atoms with Crippen molar-refractivity contribution in [2.24, 2.45) is 0 Å². The zero-order valence-electron chi connectivity index (χ0n) is 6.62. The summed E-state index contributed by atoms with van der Waals surface area (Å²) in [5.74, 6) is 0. The van der Waals surface area contributed by atoms with Crippen molar-refractivity contribution in [1.82, 2.24) is 4.98 Å². The molecular formula is C9H5BrN2O. The van der Waals surface area contributed by atoms with Gasteiger partial charge in [0.05, 0.1) is 12.5 Å². The summed E-state index contributed by atoms with van der Waals surface area (Å²) in [6, 6.07) is 7.65. The van der Waals surface area contributed by atoms with Gasteiger partial charge in [0.2, 0.25) is 0 Å². The quantitative estimate of drug-likeness (QED) is 0.765. The minimum atomic E-state index is 0.357. The molecule has 0 saturated carbocycles. The van der Waals surface area contributed by atoms with E-state index in [0.717, 1.165) is 11.1 Å². The van der Waals surface area contributed by atoms with Crippen LogP contribution in [-0.4, -0.2) is 4.98 Å². The van der Waals surface area contributed by atoms with Gasteiger partial charge < -0.3 is 4.42 Å². The molecule has 0 radical (unpaired) electrons. The summed E-state index contributed by atoms with van der Waals surface area (Å²) in [5, 5.41) is 8.57. The number of para-hydroxylation sites is 1. The third-order valence-electron chi connectivity index (χ3n) is 1.75. The zero-order chi connectivity index (χ0) is 9.26. The Balaban J connectivity index is 2.69. The maximum absolute atomic E-state index is 8.57. The van der Waals surface area contributed by atoms with Crippen LogP contribution in [0.3, 0.4) is 0 Å². The first-order chi connectivity index (χ1) is 6.31. The molecule has 0 aliphatic heterocycles. The van der Waals surface area contributed by atoms with Crippen molar-refractivity contribution in [1.29, 1.82) is 5.26 Å². The lowest BCUT2D eigenvalue weighted by molar-refractivity contribution is 0.570. The van der Waals surface area contributed by atoms with E-state index in [1.54, 1.807) is 0 Å². The lowest BCUT2D eigenvalue weighted by Gasteiger charge is -1.92. The third kappa shape index (κ3) is 1.43. The molecule has 0 unspecified atom stereocenters. The fourth-order valence-electron chi connectivity index (χ4n) is 1.21. The second-order valence-electron chi connectivity index (χ2n) is 2.57. The Morgan fingerprint density at radius 3 is 3.15 bits per heavy atom. The monoisotopic (exact) mass is 236 g/mol. The van der Waals surface area contributed by atoms with E-state index in [1.165, 1.54) is 0 Å². The molecule has 0 N–H and O–H groups in total. The lowest BCUT2D eigenvalue weighted by Crippen LogP contribution is -1.82. The Morgan fingerprint density at radius 2 is 2.38 bits per heavy atom. The molecule has 0 saturated heterocycles. The molecule has 3 nitrogen and oxygen atoms in total. The summed E-state index contributed by atoms with van der Waals surface area (Å²) < 4.78 is 5.25. The first-order valence-corrected chi connectivity index (χ1v) is 4.51. The van der Waals surface area contributed by atoms with Gasteiger partial charge in [0, 0.05) is 15.9 Å². The predicted molar refractivity (Wildman–Crippen MR) is 51.0 cm³/mol. The van der Waals surface area contributed by atoms with Gasteiger partial charge in [-0.1, -0.05) is 12.1 Å². The van der Waals surface area contributed by atoms with Gasteiger partial charge in [-0.15, -0.1) is 0 Å². The molecule has 2 aromatic rings. The summed E-state index contributed by atoms with van der Waals surface area (Å²) in [6.07, 6.45) is 0.357. The minimum Gasteiger partial charge on any atom is -0.431 e. The lowest BCUT2D eigenvalue weighted by atomic mass is 10.1. The van der Waals surface area contributed by atoms with Crippen molar-refractivity contribution in [2.45, 2.75) is 6.42 Å². The molecule has 0 aliphatic rings. The first kappa shape index (κ1) is 8.27. The maximum Gasteiger partial charge on any atom is 0.265 e. The Hall–Kier alpha value is -1.34. The molecule has 0 aliphatic carbocycles. The fraction of sp³-hybridized carbons (Fsp3) is 0.111. The van der Waals surface area contributed by atoms with Crippen molar-refractivity contribution in [3.05, 3.63) is 28.6 Å². The second kappa shape index (κ2) is 3.19. The molecule has 1 aromatic heterocycles. The zero-order valence-corrected chi connectivity index (χ0v) is 8.21. The predicted octanol–water partition coefficient (Wildman–Crippen LogP) is 2.66. The van der Waals surface area contributed by atoms with E-state index in [2.05, 4.69) is 27.0 Å². The second-order valence-corrected chi connectivity index (χ2v) is 3.24. The molecule has 4 heteroatoms. The van der Waals surface area contributed by atoms with Gasteiger partial charge in [-0.05, 0) is 11.6 Å². The van der Waals surface area contributed by atoms with Crippen LogP contribution in [0.4, 0.5) is 0 Å². The Bertz CT molecular complexity index is 484. The van der Waals surface area contributed by atoms with Crippen LogP contribution in [0, 0.1) is 11.3 Å². The highest BCUT2D eigenvalue weighted by molar-refractivity contribution is 9.10. The van der Waals surface area contributed by atoms with E-state index >= 15 is 0 Å². The first-order valence-electron chi connectivity index (χ1n) is 3.72. The van der Waals surface area contributed by atoms with Crippen LogP contribution in [-0.2, 0) is 6.42 Å². The van der Waals surface area contributed by atoms with E-state index in [1.807, 2.05) is 18.2 Å². The SMILES string of the molecule is N#CCc1cccc2oc(Br)nc12. The van der Waals surface area contributed by atoms with E-state index in [0.29, 0.717) is 16.8 Å². The Kier molecular flexibility index (Phi) is 2.03. The topological polar surface area (TPSA) is 49.8 Å². The summed E-state index contributed by atoms with van der Waals surface area (Å²) >= 11 is 3.15. The van der Waals surface area contributed by atoms with Gasteiger partial charge in [0.25, 0.3) is 4.80 Å². The summed E-state index contributed by atoms with van der Waals surface area (Å²) in [7, 11) is 0. The summed E-state index contributed by atoms with van der Waals surface area (Å²) in [6.45, 7) is 0. The average molecular weight is 237 g/mol. The molecule has 0 amide bonds. The van der Waals surface area contributed by atoms with Gasteiger partial charge in [-0.2, -0.15) is 5.26 Å². The van der Waals surface area contributed by atoms with E-state index in [9.17, 15) is 0 Å². The van der Waals surface area contributed by atoms with Gasteiger partial charge in [0.15, 0.2) is 5.58 Å². The molecule has 0 fully saturated rings. The number of oxazole rings is 1. The number of nitriles is 1. The highest BCUT2D eigenvalue weighted by atomic mass is 79.9. The van der Waals surface area contributed by atoms with Crippen LogP contribution in [0.25, 0.3) is 11.1 Å². The number of halogens is 1. The van der Waals surface area contributed by atoms with Crippen molar-refractivity contribution >= 4 is 27.0 Å². The molecule has 13 heavy (non-hydrogen) atoms. The number of benzene rings is 1. The van der Waals surface area contributed by atoms with E-state index in [4.69, 9.17) is 9.68 Å². The van der Waals surface area contributed by atoms with E-state index in [-0.39, 0.29) is 0 Å². The molecule has 64 valence electrons. The standard InChI is InChI=1S/C9H5BrN2O/c10-9-12-8-6(4-5-11)2-1-3-7(8)13-9/h1-3H,4H2. The van der Waals surface area contributed by atoms with Gasteiger partial charge in [0.1, 0.15) is 5.52 Å². The van der Waals surface area contributed by atoms with Crippen molar-refractivity contribution in [3.8, 4) is 6.07 Å². The van der Waals surface area contributed by atoms with Gasteiger partial charge in [-0.3, -0.25) is 0 Å². The minimum absolute atomic E-state index is 0.357. The molecule has 0 spiro atoms. The van der Waals surface area contributed by atoms with Crippen LogP contribution in [0.2, 0.25) is 0 Å². The molecule has 0 bridgehead atoms. The fourth-order valence-corrected chi connectivity index (χ4v) is 1.56. The van der Waals surface area contributed by atoms with Crippen molar-refractivity contribution in [3.63, 3.8) is 0 Å². The van der Waals surface area contributed by atoms with Gasteiger partial charge >= 0.3 is 0 Å². The summed E-state index contributed by atoms with van der Waals surface area (Å²) in [5.41, 5.74) is 2.37. The van der Waals surface area contributed by atoms with Crippen LogP contribution < -0.4 is 0 Å². The molecule has 0 atom stereocenters. The van der Waals surface area contributed by atoms with Gasteiger partial charge in [-0.25, -0.2) is 4.98 Å². The number of rotatable bonds is 1. The van der Waals surface area contributed by atoms with Crippen LogP contribution in [0.1, 0.15) is 5.56 Å². The Morgan fingerprint density at radius 1 is 1.54 bits per heavy atom. The van der Waals surface area contributed by atoms with Crippen molar-refractivity contribution in [2.75, 3.05) is 0 Å². The highest BCUT2D eigenvalue weighted by Gasteiger charge is 2.06. The number of hydrogen-bond donors (Lipinski definition) is 0. The highest BCUT2D eigenvalue weighted by Crippen LogP contribution is 2.22. The van der Waals surface area contributed by atoms with Crippen LogP contribution >= 0.6 is 15.9 Å². The third-order valence-corrected chi connectivity index (χ3v) is 2.09. The molecule has 2 rings (SSSR count). The maximum atomic E-state index is 8.57. The smallest absolute Gasteiger partial charge is 0.265 e. The van der Waals surface area contributed by atoms with Crippen molar-refractivity contribution < 1.29 is 4.42 Å². The normalized spacial score (nSPS) is 10.2. The van der Waals surface area contributed by atoms with E-state index < -0.39 is 0 Å². The largest absolute Gasteiger partial charge is 0.431 e. The number of aromatic nitrogens is 1. The number of hydrogen-bond acceptors (Lipinski definition) is 3. The summed E-state index contributed by atoms with van der Waals surface area (Å²) in [4.78, 5) is 4.58. The number of nitrogens with zero attached hydrogens (tertiary/aromatic N) is 2. The average Bonchev–Trinajstić information content (AvgIpc) is 2.47. The number of fused-ring (bicyclic) bond motifs is 1. The van der Waals surface area contributed by atoms with Crippen LogP contribution in [0.5, 0.6) is 0 Å². The molecule has 1 aromatic carbocycles. The Labute approximate surface area is 83.1 Å². The molecule has 1 heterocycles.